The maximum atomic E-state index is 4.87. The molecule has 0 saturated heterocycles. The highest BCUT2D eigenvalue weighted by Crippen LogP contribution is 2.31. The van der Waals surface area contributed by atoms with Gasteiger partial charge in [-0.15, -0.1) is 0 Å². The number of hydrogen-bond donors (Lipinski definition) is 2. The highest BCUT2D eigenvalue weighted by Gasteiger charge is 2.10. The molecule has 24 heavy (non-hydrogen) atoms. The molecule has 2 heterocycles. The van der Waals surface area contributed by atoms with E-state index < -0.39 is 0 Å². The molecule has 0 fully saturated rings. The number of nitrogens with one attached hydrogen (secondary N) is 2. The average molecular weight is 426 g/mol. The molecule has 0 amide bonds. The van der Waals surface area contributed by atoms with E-state index in [0.717, 1.165) is 39.4 Å². The average Bonchev–Trinajstić information content (AvgIpc) is 3.00. The van der Waals surface area contributed by atoms with Crippen LogP contribution in [0.25, 0.3) is 22.0 Å². The third kappa shape index (κ3) is 2.87. The molecule has 4 nitrogen and oxygen atoms in total. The van der Waals surface area contributed by atoms with E-state index in [1.165, 1.54) is 3.57 Å². The van der Waals surface area contributed by atoms with Crippen molar-refractivity contribution >= 4 is 45.0 Å². The van der Waals surface area contributed by atoms with Gasteiger partial charge in [0.1, 0.15) is 5.82 Å². The van der Waals surface area contributed by atoms with Crippen LogP contribution < -0.4 is 5.32 Å². The van der Waals surface area contributed by atoms with Gasteiger partial charge >= 0.3 is 0 Å². The van der Waals surface area contributed by atoms with E-state index >= 15 is 0 Å². The van der Waals surface area contributed by atoms with E-state index in [0.29, 0.717) is 0 Å². The molecule has 0 bridgehead atoms. The summed E-state index contributed by atoms with van der Waals surface area (Å²) in [6.07, 6.45) is 0. The number of pyridine rings is 1. The molecular formula is C19H15IN4. The first-order valence-electron chi connectivity index (χ1n) is 7.64. The minimum absolute atomic E-state index is 0.769. The topological polar surface area (TPSA) is 53.6 Å². The molecule has 2 N–H and O–H groups in total. The Hall–Kier alpha value is -2.41. The Kier molecular flexibility index (Phi) is 3.93. The van der Waals surface area contributed by atoms with Crippen LogP contribution in [-0.4, -0.2) is 15.2 Å². The SMILES string of the molecule is Cc1cc(Nc2nc(-c3ccccc3I)cc3ccccc23)n[nH]1. The fraction of sp³-hybridized carbons (Fsp3) is 0.0526. The summed E-state index contributed by atoms with van der Waals surface area (Å²) in [5, 5.41) is 12.8. The summed E-state index contributed by atoms with van der Waals surface area (Å²) in [4.78, 5) is 4.87. The number of nitrogens with zero attached hydrogens (tertiary/aromatic N) is 2. The van der Waals surface area contributed by atoms with Crippen molar-refractivity contribution in [3.05, 3.63) is 69.9 Å². The van der Waals surface area contributed by atoms with Crippen LogP contribution in [0.4, 0.5) is 11.6 Å². The van der Waals surface area contributed by atoms with Crippen molar-refractivity contribution in [3.63, 3.8) is 0 Å². The summed E-state index contributed by atoms with van der Waals surface area (Å²) in [7, 11) is 0. The van der Waals surface area contributed by atoms with Gasteiger partial charge in [0, 0.05) is 26.3 Å². The van der Waals surface area contributed by atoms with Crippen LogP contribution in [0.15, 0.2) is 60.7 Å². The molecule has 2 aromatic heterocycles. The number of H-pyrrole nitrogens is 1. The van der Waals surface area contributed by atoms with Gasteiger partial charge in [-0.2, -0.15) is 5.10 Å². The predicted molar refractivity (Wildman–Crippen MR) is 107 cm³/mol. The first-order chi connectivity index (χ1) is 11.7. The van der Waals surface area contributed by atoms with E-state index in [-0.39, 0.29) is 0 Å². The molecule has 5 heteroatoms. The van der Waals surface area contributed by atoms with Crippen LogP contribution in [0.2, 0.25) is 0 Å². The van der Waals surface area contributed by atoms with Gasteiger partial charge < -0.3 is 5.32 Å². The van der Waals surface area contributed by atoms with Crippen molar-refractivity contribution in [1.29, 1.82) is 0 Å². The minimum Gasteiger partial charge on any atom is -0.323 e. The van der Waals surface area contributed by atoms with E-state index in [1.807, 2.05) is 37.3 Å². The van der Waals surface area contributed by atoms with E-state index in [2.05, 4.69) is 68.4 Å². The standard InChI is InChI=1S/C19H15IN4/c1-12-10-18(24-23-12)22-19-14-7-3-2-6-13(14)11-17(21-19)15-8-4-5-9-16(15)20/h2-11H,1H3,(H2,21,22,23,24). The largest absolute Gasteiger partial charge is 0.323 e. The van der Waals surface area contributed by atoms with Crippen molar-refractivity contribution in [1.82, 2.24) is 15.2 Å². The molecule has 4 rings (SSSR count). The molecule has 0 saturated carbocycles. The number of benzene rings is 2. The summed E-state index contributed by atoms with van der Waals surface area (Å²) in [6.45, 7) is 1.98. The molecule has 0 aliphatic rings. The van der Waals surface area contributed by atoms with Gasteiger partial charge in [-0.3, -0.25) is 5.10 Å². The van der Waals surface area contributed by atoms with Crippen LogP contribution in [-0.2, 0) is 0 Å². The van der Waals surface area contributed by atoms with Gasteiger partial charge in [-0.05, 0) is 47.0 Å². The van der Waals surface area contributed by atoms with Crippen molar-refractivity contribution < 1.29 is 0 Å². The zero-order valence-corrected chi connectivity index (χ0v) is 15.2. The molecule has 0 radical (unpaired) electrons. The van der Waals surface area contributed by atoms with Crippen molar-refractivity contribution in [2.45, 2.75) is 6.92 Å². The molecule has 0 spiro atoms. The number of hydrogen-bond acceptors (Lipinski definition) is 3. The molecule has 2 aromatic carbocycles. The normalized spacial score (nSPS) is 10.9. The number of aromatic amines is 1. The molecule has 118 valence electrons. The molecule has 0 aliphatic heterocycles. The van der Waals surface area contributed by atoms with Gasteiger partial charge in [0.2, 0.25) is 0 Å². The van der Waals surface area contributed by atoms with Crippen LogP contribution in [0.3, 0.4) is 0 Å². The lowest BCUT2D eigenvalue weighted by molar-refractivity contribution is 1.05. The fourth-order valence-corrected chi connectivity index (χ4v) is 3.37. The molecular weight excluding hydrogens is 411 g/mol. The number of aromatic nitrogens is 3. The molecule has 4 aromatic rings. The predicted octanol–water partition coefficient (Wildman–Crippen LogP) is 5.28. The van der Waals surface area contributed by atoms with Gasteiger partial charge in [0.15, 0.2) is 5.82 Å². The summed E-state index contributed by atoms with van der Waals surface area (Å²) >= 11 is 2.35. The number of rotatable bonds is 3. The quantitative estimate of drug-likeness (QED) is 0.439. The number of aryl methyl sites for hydroxylation is 1. The van der Waals surface area contributed by atoms with Crippen molar-refractivity contribution in [3.8, 4) is 11.3 Å². The first kappa shape index (κ1) is 15.1. The second-order valence-electron chi connectivity index (χ2n) is 5.62. The van der Waals surface area contributed by atoms with Crippen molar-refractivity contribution in [2.24, 2.45) is 0 Å². The Balaban J connectivity index is 1.89. The summed E-state index contributed by atoms with van der Waals surface area (Å²) < 4.78 is 1.18. The second-order valence-corrected chi connectivity index (χ2v) is 6.78. The monoisotopic (exact) mass is 426 g/mol. The second kappa shape index (κ2) is 6.24. The Morgan fingerprint density at radius 3 is 2.58 bits per heavy atom. The fourth-order valence-electron chi connectivity index (χ4n) is 2.70. The Labute approximate surface area is 153 Å². The molecule has 0 unspecified atom stereocenters. The van der Waals surface area contributed by atoms with Gasteiger partial charge in [0.05, 0.1) is 5.69 Å². The van der Waals surface area contributed by atoms with Crippen molar-refractivity contribution in [2.75, 3.05) is 5.32 Å². The van der Waals surface area contributed by atoms with E-state index in [4.69, 9.17) is 4.98 Å². The smallest absolute Gasteiger partial charge is 0.153 e. The van der Waals surface area contributed by atoms with Crippen LogP contribution >= 0.6 is 22.6 Å². The summed E-state index contributed by atoms with van der Waals surface area (Å²) in [5.74, 6) is 1.58. The molecule has 0 atom stereocenters. The number of anilines is 2. The zero-order valence-electron chi connectivity index (χ0n) is 13.0. The van der Waals surface area contributed by atoms with E-state index in [9.17, 15) is 0 Å². The number of halogens is 1. The first-order valence-corrected chi connectivity index (χ1v) is 8.72. The lowest BCUT2D eigenvalue weighted by Crippen LogP contribution is -1.98. The van der Waals surface area contributed by atoms with Gasteiger partial charge in [-0.1, -0.05) is 42.5 Å². The van der Waals surface area contributed by atoms with Crippen LogP contribution in [0.1, 0.15) is 5.69 Å². The highest BCUT2D eigenvalue weighted by molar-refractivity contribution is 14.1. The summed E-state index contributed by atoms with van der Waals surface area (Å²) in [6, 6.07) is 20.6. The minimum atomic E-state index is 0.769. The maximum Gasteiger partial charge on any atom is 0.153 e. The van der Waals surface area contributed by atoms with Gasteiger partial charge in [0.25, 0.3) is 0 Å². The lowest BCUT2D eigenvalue weighted by Gasteiger charge is -2.11. The maximum absolute atomic E-state index is 4.87. The summed E-state index contributed by atoms with van der Waals surface area (Å²) in [5.41, 5.74) is 3.09. The number of fused-ring (bicyclic) bond motifs is 1. The van der Waals surface area contributed by atoms with E-state index in [1.54, 1.807) is 0 Å². The Morgan fingerprint density at radius 1 is 1.00 bits per heavy atom. The van der Waals surface area contributed by atoms with Crippen LogP contribution in [0.5, 0.6) is 0 Å². The highest BCUT2D eigenvalue weighted by atomic mass is 127. The lowest BCUT2D eigenvalue weighted by atomic mass is 10.1. The van der Waals surface area contributed by atoms with Crippen LogP contribution in [0, 0.1) is 10.5 Å². The zero-order chi connectivity index (χ0) is 16.5. The Bertz CT molecular complexity index is 1020. The third-order valence-electron chi connectivity index (χ3n) is 3.84. The van der Waals surface area contributed by atoms with Gasteiger partial charge in [-0.25, -0.2) is 4.98 Å². The molecule has 0 aliphatic carbocycles. The third-order valence-corrected chi connectivity index (χ3v) is 4.78. The Morgan fingerprint density at radius 2 is 1.79 bits per heavy atom.